The first-order valence-corrected chi connectivity index (χ1v) is 12.1. The number of amidine groups is 1. The molecule has 1 N–H and O–H groups in total. The summed E-state index contributed by atoms with van der Waals surface area (Å²) in [5.74, 6) is -1.14. The van der Waals surface area contributed by atoms with Gasteiger partial charge in [-0.15, -0.1) is 5.10 Å². The number of anilines is 1. The van der Waals surface area contributed by atoms with Crippen molar-refractivity contribution in [3.8, 4) is 0 Å². The minimum atomic E-state index is -3.50. The zero-order valence-electron chi connectivity index (χ0n) is 17.4. The number of benzene rings is 1. The minimum Gasteiger partial charge on any atom is -0.466 e. The molecule has 2 fully saturated rings. The van der Waals surface area contributed by atoms with Crippen molar-refractivity contribution in [2.45, 2.75) is 4.90 Å². The van der Waals surface area contributed by atoms with Gasteiger partial charge < -0.3 is 14.5 Å². The summed E-state index contributed by atoms with van der Waals surface area (Å²) in [6.45, 7) is 3.45. The number of hydrogen-bond acceptors (Lipinski definition) is 10. The van der Waals surface area contributed by atoms with E-state index in [1.165, 1.54) is 13.3 Å². The molecule has 166 valence electrons. The maximum Gasteiger partial charge on any atom is 0.331 e. The highest BCUT2D eigenvalue weighted by Crippen LogP contribution is 2.25. The molecular weight excluding hydrogens is 442 g/mol. The predicted molar refractivity (Wildman–Crippen MR) is 120 cm³/mol. The molecule has 1 aromatic carbocycles. The summed E-state index contributed by atoms with van der Waals surface area (Å²) >= 11 is 0.936. The second kappa shape index (κ2) is 9.62. The molecule has 0 unspecified atom stereocenters. The van der Waals surface area contributed by atoms with Crippen molar-refractivity contribution < 1.29 is 22.7 Å². The monoisotopic (exact) mass is 465 g/mol. The number of nitrogens with one attached hydrogen (secondary N) is 1. The van der Waals surface area contributed by atoms with Crippen molar-refractivity contribution in [1.29, 1.82) is 0 Å². The van der Waals surface area contributed by atoms with Gasteiger partial charge in [-0.05, 0) is 37.0 Å². The topological polar surface area (TPSA) is 121 Å². The number of nitrogens with zero attached hydrogens (tertiary/aromatic N) is 4. The lowest BCUT2D eigenvalue weighted by Crippen LogP contribution is -2.44. The normalized spacial score (nSPS) is 20.6. The van der Waals surface area contributed by atoms with Gasteiger partial charge in [0.05, 0.1) is 23.1 Å². The number of thioether (sulfide) groups is 1. The van der Waals surface area contributed by atoms with Crippen LogP contribution in [-0.2, 0) is 24.2 Å². The molecule has 2 saturated heterocycles. The van der Waals surface area contributed by atoms with Crippen LogP contribution in [-0.4, -0.2) is 83.2 Å². The van der Waals surface area contributed by atoms with Crippen molar-refractivity contribution in [2.24, 2.45) is 10.2 Å². The van der Waals surface area contributed by atoms with Crippen molar-refractivity contribution >= 4 is 50.5 Å². The van der Waals surface area contributed by atoms with Crippen LogP contribution in [0.1, 0.15) is 5.56 Å². The van der Waals surface area contributed by atoms with E-state index in [1.807, 2.05) is 6.07 Å². The molecule has 0 atom stereocenters. The van der Waals surface area contributed by atoms with Gasteiger partial charge >= 0.3 is 5.97 Å². The average molecular weight is 466 g/mol. The number of esters is 1. The van der Waals surface area contributed by atoms with E-state index in [-0.39, 0.29) is 15.0 Å². The zero-order valence-corrected chi connectivity index (χ0v) is 19.0. The molecule has 31 heavy (non-hydrogen) atoms. The zero-order chi connectivity index (χ0) is 22.6. The van der Waals surface area contributed by atoms with E-state index in [2.05, 4.69) is 37.1 Å². The van der Waals surface area contributed by atoms with Gasteiger partial charge in [0.15, 0.2) is 15.0 Å². The van der Waals surface area contributed by atoms with Gasteiger partial charge in [0.2, 0.25) is 0 Å². The highest BCUT2D eigenvalue weighted by Gasteiger charge is 2.25. The van der Waals surface area contributed by atoms with E-state index in [4.69, 9.17) is 0 Å². The van der Waals surface area contributed by atoms with Gasteiger partial charge in [-0.3, -0.25) is 10.1 Å². The van der Waals surface area contributed by atoms with Crippen LogP contribution in [0, 0.1) is 0 Å². The molecule has 12 heteroatoms. The van der Waals surface area contributed by atoms with Gasteiger partial charge in [0.25, 0.3) is 5.91 Å². The van der Waals surface area contributed by atoms with Crippen LogP contribution in [0.4, 0.5) is 5.69 Å². The van der Waals surface area contributed by atoms with E-state index in [1.54, 1.807) is 12.1 Å². The summed E-state index contributed by atoms with van der Waals surface area (Å²) in [4.78, 5) is 27.8. The van der Waals surface area contributed by atoms with Crippen LogP contribution in [0.5, 0.6) is 0 Å². The fraction of sp³-hybridized carbons (Fsp3) is 0.368. The summed E-state index contributed by atoms with van der Waals surface area (Å²) in [6, 6.07) is 5.20. The number of sulfone groups is 1. The fourth-order valence-corrected chi connectivity index (χ4v) is 4.62. The molecule has 0 aliphatic carbocycles. The van der Waals surface area contributed by atoms with Gasteiger partial charge in [0, 0.05) is 49.8 Å². The second-order valence-corrected chi connectivity index (χ2v) is 10.0. The molecule has 0 radical (unpaired) electrons. The smallest absolute Gasteiger partial charge is 0.331 e. The standard InChI is InChI=1S/C19H23N5O5S2/c1-23-6-8-24(9-7-23)14-5-4-13(16(10-14)31(3,27)28)12-20-22-19-21-18(26)15(30-19)11-17(25)29-2/h4-5,10-12H,6-9H2,1-3H3,(H,21,22,26)/b15-11+,20-12?. The molecule has 2 heterocycles. The van der Waals surface area contributed by atoms with Crippen LogP contribution in [0.3, 0.4) is 0 Å². The first-order valence-electron chi connectivity index (χ1n) is 9.35. The summed E-state index contributed by atoms with van der Waals surface area (Å²) in [6.07, 6.45) is 3.53. The van der Waals surface area contributed by atoms with Crippen LogP contribution in [0.2, 0.25) is 0 Å². The van der Waals surface area contributed by atoms with Crippen molar-refractivity contribution in [3.05, 3.63) is 34.7 Å². The molecule has 0 spiro atoms. The molecular formula is C19H23N5O5S2. The summed E-state index contributed by atoms with van der Waals surface area (Å²) in [5.41, 5.74) is 1.23. The fourth-order valence-electron chi connectivity index (χ4n) is 3.00. The van der Waals surface area contributed by atoms with Gasteiger partial charge in [-0.25, -0.2) is 13.2 Å². The molecule has 0 aromatic heterocycles. The first kappa shape index (κ1) is 23.0. The van der Waals surface area contributed by atoms with E-state index in [0.717, 1.165) is 56.0 Å². The molecule has 0 saturated carbocycles. The third-order valence-corrected chi connectivity index (χ3v) is 6.76. The Hall–Kier alpha value is -2.70. The van der Waals surface area contributed by atoms with Crippen LogP contribution < -0.4 is 10.2 Å². The highest BCUT2D eigenvalue weighted by atomic mass is 32.2. The van der Waals surface area contributed by atoms with Crippen LogP contribution >= 0.6 is 11.8 Å². The Morgan fingerprint density at radius 2 is 1.97 bits per heavy atom. The van der Waals surface area contributed by atoms with E-state index in [9.17, 15) is 18.0 Å². The van der Waals surface area contributed by atoms with Crippen molar-refractivity contribution in [3.63, 3.8) is 0 Å². The Balaban J connectivity index is 1.80. The van der Waals surface area contributed by atoms with Crippen molar-refractivity contribution in [2.75, 3.05) is 51.5 Å². The number of amides is 1. The number of methoxy groups -OCH3 is 1. The number of rotatable bonds is 5. The Morgan fingerprint density at radius 1 is 1.26 bits per heavy atom. The average Bonchev–Trinajstić information content (AvgIpc) is 3.07. The molecule has 1 amide bonds. The number of hydrogen-bond donors (Lipinski definition) is 1. The number of likely N-dealkylation sites (N-methyl/N-ethyl adjacent to an activating group) is 1. The lowest BCUT2D eigenvalue weighted by Gasteiger charge is -2.34. The first-order chi connectivity index (χ1) is 14.7. The minimum absolute atomic E-state index is 0.133. The molecule has 2 aliphatic rings. The van der Waals surface area contributed by atoms with Crippen LogP contribution in [0.15, 0.2) is 44.3 Å². The Kier molecular flexibility index (Phi) is 7.13. The summed E-state index contributed by atoms with van der Waals surface area (Å²) in [7, 11) is -0.233. The van der Waals surface area contributed by atoms with E-state index in [0.29, 0.717) is 5.56 Å². The second-order valence-electron chi connectivity index (χ2n) is 7.02. The summed E-state index contributed by atoms with van der Waals surface area (Å²) in [5, 5.41) is 10.5. The Morgan fingerprint density at radius 3 is 2.61 bits per heavy atom. The molecule has 3 rings (SSSR count). The molecule has 10 nitrogen and oxygen atoms in total. The number of carbonyl (C=O) groups excluding carboxylic acids is 2. The maximum atomic E-state index is 12.3. The van der Waals surface area contributed by atoms with Gasteiger partial charge in [0.1, 0.15) is 0 Å². The largest absolute Gasteiger partial charge is 0.466 e. The van der Waals surface area contributed by atoms with Crippen LogP contribution in [0.25, 0.3) is 0 Å². The summed E-state index contributed by atoms with van der Waals surface area (Å²) < 4.78 is 29.2. The SMILES string of the molecule is COC(=O)/C=C1/S/C(=N\N=Cc2ccc(N3CCN(C)CC3)cc2S(C)(=O)=O)NC1=O. The molecule has 0 bridgehead atoms. The highest BCUT2D eigenvalue weighted by molar-refractivity contribution is 8.18. The molecule has 1 aromatic rings. The predicted octanol–water partition coefficient (Wildman–Crippen LogP) is 0.452. The lowest BCUT2D eigenvalue weighted by atomic mass is 10.2. The maximum absolute atomic E-state index is 12.3. The third-order valence-electron chi connectivity index (χ3n) is 4.71. The molecule has 2 aliphatic heterocycles. The number of piperazine rings is 1. The van der Waals surface area contributed by atoms with Gasteiger partial charge in [-0.2, -0.15) is 5.10 Å². The van der Waals surface area contributed by atoms with Crippen molar-refractivity contribution in [1.82, 2.24) is 10.2 Å². The Bertz CT molecular complexity index is 1070. The Labute approximate surface area is 184 Å². The third kappa shape index (κ3) is 5.93. The number of ether oxygens (including phenoxy) is 1. The van der Waals surface area contributed by atoms with E-state index >= 15 is 0 Å². The van der Waals surface area contributed by atoms with Gasteiger partial charge in [-0.1, -0.05) is 0 Å². The quantitative estimate of drug-likeness (QED) is 0.288. The van der Waals surface area contributed by atoms with E-state index < -0.39 is 21.7 Å². The lowest BCUT2D eigenvalue weighted by molar-refractivity contribution is -0.135. The number of carbonyl (C=O) groups is 2.